The van der Waals surface area contributed by atoms with E-state index in [1.807, 2.05) is 0 Å². The van der Waals surface area contributed by atoms with E-state index in [9.17, 15) is 18.0 Å². The number of piperidine rings is 1. The maximum Gasteiger partial charge on any atom is 0.418 e. The van der Waals surface area contributed by atoms with Crippen molar-refractivity contribution in [2.75, 3.05) is 6.54 Å². The molecule has 0 saturated carbocycles. The van der Waals surface area contributed by atoms with Crippen LogP contribution in [-0.4, -0.2) is 87.2 Å². The van der Waals surface area contributed by atoms with E-state index in [1.54, 1.807) is 0 Å². The Labute approximate surface area is 152 Å². The van der Waals surface area contributed by atoms with Gasteiger partial charge in [0, 0.05) is 36.1 Å². The molecule has 0 aliphatic carbocycles. The normalized spacial score (nSPS) is 23.8. The van der Waals surface area contributed by atoms with Gasteiger partial charge in [-0.15, -0.1) is 4.28 Å². The Balaban J connectivity index is 0.00000192. The number of rotatable bonds is 4. The Morgan fingerprint density at radius 3 is 2.70 bits per heavy atom. The minimum absolute atomic E-state index is 0. The summed E-state index contributed by atoms with van der Waals surface area (Å²) in [4.78, 5) is 28.2. The quantitative estimate of drug-likeness (QED) is 0.479. The van der Waals surface area contributed by atoms with Crippen LogP contribution in [0.2, 0.25) is 0 Å². The molecule has 14 heteroatoms. The molecule has 23 heavy (non-hydrogen) atoms. The summed E-state index contributed by atoms with van der Waals surface area (Å²) in [6.45, 7) is 0.166. The minimum Gasteiger partial charge on any atom is -0.361 e. The number of nitrogens with zero attached hydrogens (tertiary/aromatic N) is 4. The van der Waals surface area contributed by atoms with Crippen LogP contribution in [0.3, 0.4) is 0 Å². The summed E-state index contributed by atoms with van der Waals surface area (Å²) in [6.07, 6.45) is 0.794. The molecule has 0 unspecified atom stereocenters. The van der Waals surface area contributed by atoms with Gasteiger partial charge in [0.05, 0.1) is 12.1 Å². The first-order chi connectivity index (χ1) is 10.3. The van der Waals surface area contributed by atoms with Crippen molar-refractivity contribution in [1.82, 2.24) is 20.1 Å². The van der Waals surface area contributed by atoms with Crippen LogP contribution >= 0.6 is 0 Å². The van der Waals surface area contributed by atoms with Crippen LogP contribution in [0.4, 0.5) is 4.79 Å². The molecule has 0 aromatic carbocycles. The molecule has 121 valence electrons. The number of carbonyl (C=O) groups excluding carboxylic acids is 2. The second-order valence-electron chi connectivity index (χ2n) is 4.83. The summed E-state index contributed by atoms with van der Waals surface area (Å²) in [5.41, 5.74) is 5.01. The van der Waals surface area contributed by atoms with Crippen molar-refractivity contribution >= 4 is 51.9 Å². The zero-order valence-corrected chi connectivity index (χ0v) is 14.8. The SMILES string of the molecule is NC(=O)c1nc([C@@H]2CC[C@@H]3CN2C(=O)N3OS(=O)(=O)O)no1.[Na]. The van der Waals surface area contributed by atoms with Crippen molar-refractivity contribution in [3.63, 3.8) is 0 Å². The van der Waals surface area contributed by atoms with Crippen molar-refractivity contribution in [1.29, 1.82) is 0 Å². The second kappa shape index (κ2) is 6.33. The molecule has 3 N–H and O–H groups in total. The van der Waals surface area contributed by atoms with Gasteiger partial charge in [0.1, 0.15) is 0 Å². The molecule has 2 saturated heterocycles. The number of nitrogens with two attached hydrogens (primary N) is 1. The summed E-state index contributed by atoms with van der Waals surface area (Å²) in [5.74, 6) is -1.18. The van der Waals surface area contributed by atoms with Gasteiger partial charge < -0.3 is 15.2 Å². The van der Waals surface area contributed by atoms with Crippen LogP contribution in [0.25, 0.3) is 0 Å². The number of primary amides is 1. The molecule has 2 fully saturated rings. The average Bonchev–Trinajstić information content (AvgIpc) is 2.99. The fourth-order valence-electron chi connectivity index (χ4n) is 2.57. The third-order valence-electron chi connectivity index (χ3n) is 3.45. The third-order valence-corrected chi connectivity index (χ3v) is 3.80. The third kappa shape index (κ3) is 3.49. The van der Waals surface area contributed by atoms with E-state index in [0.717, 1.165) is 0 Å². The van der Waals surface area contributed by atoms with Crippen molar-refractivity contribution in [3.8, 4) is 0 Å². The largest absolute Gasteiger partial charge is 0.418 e. The first-order valence-electron chi connectivity index (χ1n) is 6.16. The van der Waals surface area contributed by atoms with Gasteiger partial charge in [0.25, 0.3) is 0 Å². The minimum atomic E-state index is -4.80. The van der Waals surface area contributed by atoms with Gasteiger partial charge in [-0.2, -0.15) is 18.5 Å². The van der Waals surface area contributed by atoms with Crippen LogP contribution < -0.4 is 5.73 Å². The van der Waals surface area contributed by atoms with Gasteiger partial charge in [-0.05, 0) is 12.8 Å². The van der Waals surface area contributed by atoms with Crippen LogP contribution in [0.1, 0.15) is 35.4 Å². The maximum atomic E-state index is 12.2. The van der Waals surface area contributed by atoms with Gasteiger partial charge >= 0.3 is 28.2 Å². The van der Waals surface area contributed by atoms with Crippen molar-refractivity contribution < 1.29 is 31.4 Å². The molecule has 12 nitrogen and oxygen atoms in total. The van der Waals surface area contributed by atoms with Crippen molar-refractivity contribution in [2.24, 2.45) is 5.73 Å². The number of urea groups is 1. The molecular formula is C9H11N5NaO7S. The fraction of sp³-hybridized carbons (Fsp3) is 0.556. The van der Waals surface area contributed by atoms with Gasteiger partial charge in [-0.1, -0.05) is 5.16 Å². The first-order valence-corrected chi connectivity index (χ1v) is 7.53. The van der Waals surface area contributed by atoms with E-state index in [2.05, 4.69) is 18.9 Å². The number of fused-ring (bicyclic) bond motifs is 2. The van der Waals surface area contributed by atoms with E-state index in [-0.39, 0.29) is 47.8 Å². The van der Waals surface area contributed by atoms with E-state index in [0.29, 0.717) is 17.9 Å². The Hall–Kier alpha value is -1.25. The summed E-state index contributed by atoms with van der Waals surface area (Å²) in [6, 6.07) is -1.88. The van der Waals surface area contributed by atoms with Crippen LogP contribution in [0.15, 0.2) is 4.52 Å². The van der Waals surface area contributed by atoms with Crippen molar-refractivity contribution in [3.05, 3.63) is 11.7 Å². The van der Waals surface area contributed by atoms with Gasteiger partial charge in [0.2, 0.25) is 0 Å². The van der Waals surface area contributed by atoms with Crippen LogP contribution in [0, 0.1) is 0 Å². The predicted molar refractivity (Wildman–Crippen MR) is 70.9 cm³/mol. The standard InChI is InChI=1S/C9H11N5O7S.Na/c10-6(15)8-11-7(12-20-8)5-2-1-4-3-13(5)9(16)14(4)21-22(17,18)19;/h4-5H,1-3H2,(H2,10,15)(H,17,18,19);/t4-,5+;/m1./s1. The average molecular weight is 356 g/mol. The molecule has 3 rings (SSSR count). The molecule has 2 aliphatic rings. The summed E-state index contributed by atoms with van der Waals surface area (Å²) < 4.78 is 39.2. The second-order valence-corrected chi connectivity index (χ2v) is 5.84. The van der Waals surface area contributed by atoms with E-state index >= 15 is 0 Å². The van der Waals surface area contributed by atoms with Gasteiger partial charge in [-0.3, -0.25) is 9.35 Å². The number of hydrogen-bond donors (Lipinski definition) is 2. The predicted octanol–water partition coefficient (Wildman–Crippen LogP) is -1.54. The topological polar surface area (TPSA) is 169 Å². The number of hydrogen-bond acceptors (Lipinski definition) is 8. The fourth-order valence-corrected chi connectivity index (χ4v) is 2.96. The molecule has 0 spiro atoms. The Bertz CT molecular complexity index is 736. The number of hydroxylamine groups is 2. The summed E-state index contributed by atoms with van der Waals surface area (Å²) >= 11 is 0. The number of amides is 3. The molecule has 3 heterocycles. The van der Waals surface area contributed by atoms with E-state index in [1.165, 1.54) is 4.90 Å². The molecule has 1 aromatic rings. The Morgan fingerprint density at radius 2 is 2.13 bits per heavy atom. The smallest absolute Gasteiger partial charge is 0.361 e. The Morgan fingerprint density at radius 1 is 1.43 bits per heavy atom. The van der Waals surface area contributed by atoms with Gasteiger partial charge in [-0.25, -0.2) is 4.79 Å². The molecule has 1 aromatic heterocycles. The molecule has 2 bridgehead atoms. The molecule has 3 amide bonds. The number of carbonyl (C=O) groups is 2. The Kier molecular flexibility index (Phi) is 4.98. The first kappa shape index (κ1) is 18.1. The number of aromatic nitrogens is 2. The maximum absolute atomic E-state index is 12.2. The molecule has 2 aliphatic heterocycles. The van der Waals surface area contributed by atoms with E-state index < -0.39 is 34.4 Å². The van der Waals surface area contributed by atoms with Crippen LogP contribution in [0.5, 0.6) is 0 Å². The summed E-state index contributed by atoms with van der Waals surface area (Å²) in [7, 11) is -4.80. The van der Waals surface area contributed by atoms with Crippen LogP contribution in [-0.2, 0) is 14.7 Å². The van der Waals surface area contributed by atoms with E-state index in [4.69, 9.17) is 10.3 Å². The summed E-state index contributed by atoms with van der Waals surface area (Å²) in [5, 5.41) is 4.21. The monoisotopic (exact) mass is 356 g/mol. The molecule has 2 atom stereocenters. The molecule has 1 radical (unpaired) electrons. The van der Waals surface area contributed by atoms with Crippen molar-refractivity contribution in [2.45, 2.75) is 24.9 Å². The van der Waals surface area contributed by atoms with Gasteiger partial charge in [0.15, 0.2) is 5.82 Å². The zero-order valence-electron chi connectivity index (χ0n) is 11.9. The molecular weight excluding hydrogens is 345 g/mol. The zero-order chi connectivity index (χ0) is 16.1.